The van der Waals surface area contributed by atoms with Crippen LogP contribution >= 0.6 is 0 Å². The second-order valence-corrected chi connectivity index (χ2v) is 17.0. The number of carbonyl (C=O) groups excluding carboxylic acids is 2. The molecule has 47 heavy (non-hydrogen) atoms. The van der Waals surface area contributed by atoms with Crippen molar-refractivity contribution in [1.82, 2.24) is 10.6 Å². The third-order valence-electron chi connectivity index (χ3n) is 13.1. The molecular weight excluding hydrogens is 592 g/mol. The quantitative estimate of drug-likeness (QED) is 0.241. The Kier molecular flexibility index (Phi) is 12.7. The average Bonchev–Trinajstić information content (AvgIpc) is 3.65. The second kappa shape index (κ2) is 16.9. The Morgan fingerprint density at radius 1 is 0.660 bits per heavy atom. The lowest BCUT2D eigenvalue weighted by atomic mass is 9.53. The lowest BCUT2D eigenvalue weighted by molar-refractivity contribution is -0.0136. The molecule has 11 rings (SSSR count). The molecule has 0 spiro atoms. The molecule has 0 aromatic rings. The highest BCUT2D eigenvalue weighted by Crippen LogP contribution is 2.57. The largest absolute Gasteiger partial charge is 0.381 e. The minimum atomic E-state index is 0.0521. The van der Waals surface area contributed by atoms with Gasteiger partial charge >= 0.3 is 6.03 Å². The summed E-state index contributed by atoms with van der Waals surface area (Å²) in [6.45, 7) is 7.18. The van der Waals surface area contributed by atoms with E-state index in [9.17, 15) is 9.59 Å². The van der Waals surface area contributed by atoms with Crippen LogP contribution in [0.15, 0.2) is 4.99 Å². The van der Waals surface area contributed by atoms with E-state index >= 15 is 0 Å². The number of carbonyl (C=O) groups is 1. The fourth-order valence-corrected chi connectivity index (χ4v) is 11.5. The van der Waals surface area contributed by atoms with Gasteiger partial charge in [-0.2, -0.15) is 4.99 Å². The second-order valence-electron chi connectivity index (χ2n) is 17.0. The molecule has 8 bridgehead atoms. The van der Waals surface area contributed by atoms with Gasteiger partial charge in [-0.25, -0.2) is 9.59 Å². The molecule has 266 valence electrons. The molecule has 11 fully saturated rings. The number of urea groups is 1. The first-order chi connectivity index (χ1) is 22.9. The summed E-state index contributed by atoms with van der Waals surface area (Å²) in [5.41, 5.74) is 5.63. The average molecular weight is 657 g/mol. The minimum Gasteiger partial charge on any atom is -0.381 e. The summed E-state index contributed by atoms with van der Waals surface area (Å²) in [5, 5.41) is 6.50. The molecule has 3 saturated heterocycles. The van der Waals surface area contributed by atoms with Gasteiger partial charge in [0, 0.05) is 51.7 Å². The van der Waals surface area contributed by atoms with Crippen LogP contribution in [0.25, 0.3) is 0 Å². The van der Waals surface area contributed by atoms with Gasteiger partial charge < -0.3 is 30.6 Å². The number of amides is 2. The van der Waals surface area contributed by atoms with Crippen LogP contribution in [0.3, 0.4) is 0 Å². The van der Waals surface area contributed by atoms with Crippen molar-refractivity contribution >= 4 is 12.1 Å². The zero-order chi connectivity index (χ0) is 32.5. The van der Waals surface area contributed by atoms with E-state index in [1.807, 2.05) is 0 Å². The molecule has 9 heteroatoms. The summed E-state index contributed by atoms with van der Waals surface area (Å²) < 4.78 is 15.5. The van der Waals surface area contributed by atoms with Gasteiger partial charge in [-0.05, 0) is 169 Å². The minimum absolute atomic E-state index is 0.0521. The Morgan fingerprint density at radius 2 is 1.09 bits per heavy atom. The first kappa shape index (κ1) is 35.3. The molecule has 0 atom stereocenters. The Morgan fingerprint density at radius 3 is 1.47 bits per heavy atom. The van der Waals surface area contributed by atoms with Crippen molar-refractivity contribution in [2.45, 2.75) is 127 Å². The van der Waals surface area contributed by atoms with Gasteiger partial charge in [0.1, 0.15) is 0 Å². The number of hydrogen-bond donors (Lipinski definition) is 3. The molecule has 4 N–H and O–H groups in total. The molecule has 8 aliphatic carbocycles. The number of hydrogen-bond acceptors (Lipinski definition) is 7. The van der Waals surface area contributed by atoms with Crippen molar-refractivity contribution in [1.29, 1.82) is 0 Å². The SMILES string of the molecule is C1CCOC1.NCC1CCOCC1.O=C(NCC1CCOCC1)NC12CC3CC(CC(C3)C1)C2.O=C=NC12CC3CC(CC(C3)C1)C2. The standard InChI is InChI=1S/C17H28N2O2.C11H15NO.C6H13NO.C4H8O/c20-16(18-11-12-1-3-21-4-2-12)19-17-8-13-5-14(9-17)7-15(6-13)10-17;13-7-12-11-4-8-1-9(5-11)3-10(2-8)6-11;7-5-6-1-3-8-4-2-6;1-2-4-5-3-1/h12-15H,1-11H2,(H2,18,19,20);8-10H,1-6H2;6H,1-5,7H2;1-4H2. The van der Waals surface area contributed by atoms with Crippen molar-refractivity contribution in [3.05, 3.63) is 0 Å². The van der Waals surface area contributed by atoms with Crippen LogP contribution in [-0.4, -0.2) is 75.9 Å². The molecule has 9 nitrogen and oxygen atoms in total. The monoisotopic (exact) mass is 656 g/mol. The van der Waals surface area contributed by atoms with Gasteiger partial charge in [-0.3, -0.25) is 0 Å². The van der Waals surface area contributed by atoms with E-state index in [1.54, 1.807) is 6.08 Å². The van der Waals surface area contributed by atoms with Crippen molar-refractivity contribution in [2.24, 2.45) is 58.1 Å². The zero-order valence-corrected chi connectivity index (χ0v) is 29.1. The predicted molar refractivity (Wildman–Crippen MR) is 183 cm³/mol. The lowest BCUT2D eigenvalue weighted by Crippen LogP contribution is -2.61. The Bertz CT molecular complexity index is 953. The van der Waals surface area contributed by atoms with Gasteiger partial charge in [-0.1, -0.05) is 0 Å². The van der Waals surface area contributed by atoms with Crippen molar-refractivity contribution in [3.8, 4) is 0 Å². The van der Waals surface area contributed by atoms with Gasteiger partial charge in [0.05, 0.1) is 5.54 Å². The van der Waals surface area contributed by atoms with Gasteiger partial charge in [0.15, 0.2) is 0 Å². The number of isocyanates is 1. The third kappa shape index (κ3) is 10.0. The van der Waals surface area contributed by atoms with E-state index in [4.69, 9.17) is 19.9 Å². The smallest absolute Gasteiger partial charge is 0.315 e. The fourth-order valence-electron chi connectivity index (χ4n) is 11.5. The maximum Gasteiger partial charge on any atom is 0.315 e. The van der Waals surface area contributed by atoms with Gasteiger partial charge in [-0.15, -0.1) is 0 Å². The lowest BCUT2D eigenvalue weighted by Gasteiger charge is -2.56. The Hall–Kier alpha value is -1.51. The van der Waals surface area contributed by atoms with Crippen LogP contribution in [0, 0.1) is 47.3 Å². The van der Waals surface area contributed by atoms with E-state index in [-0.39, 0.29) is 17.1 Å². The first-order valence-corrected chi connectivity index (χ1v) is 19.5. The molecule has 0 radical (unpaired) electrons. The highest BCUT2D eigenvalue weighted by molar-refractivity contribution is 5.74. The topological polar surface area (TPSA) is 124 Å². The molecule has 8 saturated carbocycles. The Labute approximate surface area is 283 Å². The summed E-state index contributed by atoms with van der Waals surface area (Å²) in [7, 11) is 0. The van der Waals surface area contributed by atoms with Crippen LogP contribution < -0.4 is 16.4 Å². The summed E-state index contributed by atoms with van der Waals surface area (Å²) in [4.78, 5) is 26.8. The summed E-state index contributed by atoms with van der Waals surface area (Å²) in [6, 6.07) is 0.0726. The maximum atomic E-state index is 12.3. The van der Waals surface area contributed by atoms with Crippen molar-refractivity contribution in [3.63, 3.8) is 0 Å². The third-order valence-corrected chi connectivity index (χ3v) is 13.1. The number of nitrogens with one attached hydrogen (secondary N) is 2. The summed E-state index contributed by atoms with van der Waals surface area (Å²) in [6.07, 6.45) is 24.5. The number of nitrogens with two attached hydrogens (primary N) is 1. The molecule has 0 unspecified atom stereocenters. The fraction of sp³-hybridized carbons (Fsp3) is 0.947. The van der Waals surface area contributed by atoms with Crippen LogP contribution in [-0.2, 0) is 19.0 Å². The van der Waals surface area contributed by atoms with E-state index in [1.165, 1.54) is 89.9 Å². The normalized spacial score (nSPS) is 39.7. The first-order valence-electron chi connectivity index (χ1n) is 19.5. The summed E-state index contributed by atoms with van der Waals surface area (Å²) >= 11 is 0. The Balaban J connectivity index is 0.000000125. The zero-order valence-electron chi connectivity index (χ0n) is 29.1. The number of rotatable bonds is 5. The number of ether oxygens (including phenoxy) is 3. The molecule has 3 heterocycles. The van der Waals surface area contributed by atoms with Crippen LogP contribution in [0.2, 0.25) is 0 Å². The molecule has 0 aromatic heterocycles. The highest BCUT2D eigenvalue weighted by atomic mass is 16.5. The van der Waals surface area contributed by atoms with Gasteiger partial charge in [0.2, 0.25) is 6.08 Å². The van der Waals surface area contributed by atoms with E-state index < -0.39 is 0 Å². The molecule has 11 aliphatic rings. The van der Waals surface area contributed by atoms with Gasteiger partial charge in [0.25, 0.3) is 0 Å². The summed E-state index contributed by atoms with van der Waals surface area (Å²) in [5.74, 6) is 6.62. The van der Waals surface area contributed by atoms with Crippen molar-refractivity contribution in [2.75, 3.05) is 52.7 Å². The van der Waals surface area contributed by atoms with Crippen LogP contribution in [0.1, 0.15) is 116 Å². The molecule has 2 amide bonds. The van der Waals surface area contributed by atoms with E-state index in [0.29, 0.717) is 5.92 Å². The number of nitrogens with zero attached hydrogens (tertiary/aromatic N) is 1. The molecule has 3 aliphatic heterocycles. The molecule has 0 aromatic carbocycles. The molecular formula is C38H64N4O5. The van der Waals surface area contributed by atoms with Crippen LogP contribution in [0.4, 0.5) is 4.79 Å². The van der Waals surface area contributed by atoms with E-state index in [0.717, 1.165) is 120 Å². The predicted octanol–water partition coefficient (Wildman–Crippen LogP) is 6.14. The van der Waals surface area contributed by atoms with Crippen LogP contribution in [0.5, 0.6) is 0 Å². The van der Waals surface area contributed by atoms with Crippen molar-refractivity contribution < 1.29 is 23.8 Å². The highest BCUT2D eigenvalue weighted by Gasteiger charge is 2.52. The van der Waals surface area contributed by atoms with E-state index in [2.05, 4.69) is 15.6 Å². The maximum absolute atomic E-state index is 12.3. The number of aliphatic imine (C=N–C) groups is 1.